The Kier molecular flexibility index (Phi) is 3.02. The molecule has 0 amide bonds. The minimum atomic E-state index is -0.0948. The number of aromatic nitrogens is 2. The summed E-state index contributed by atoms with van der Waals surface area (Å²) >= 11 is 1.56. The van der Waals surface area contributed by atoms with Crippen molar-refractivity contribution >= 4 is 22.2 Å². The molecular weight excluding hydrogens is 244 g/mol. The van der Waals surface area contributed by atoms with E-state index in [0.29, 0.717) is 0 Å². The lowest BCUT2D eigenvalue weighted by Crippen LogP contribution is -2.29. The molecule has 1 unspecified atom stereocenters. The van der Waals surface area contributed by atoms with Crippen LogP contribution in [-0.4, -0.2) is 9.97 Å². The summed E-state index contributed by atoms with van der Waals surface area (Å²) in [6, 6.07) is 10.0. The fourth-order valence-corrected chi connectivity index (χ4v) is 2.56. The van der Waals surface area contributed by atoms with Gasteiger partial charge < -0.3 is 0 Å². The predicted octanol–water partition coefficient (Wildman–Crippen LogP) is 2.24. The van der Waals surface area contributed by atoms with Gasteiger partial charge >= 0.3 is 0 Å². The lowest BCUT2D eigenvalue weighted by Gasteiger charge is -2.14. The molecule has 2 aromatic heterocycles. The summed E-state index contributed by atoms with van der Waals surface area (Å²) in [6.07, 6.45) is 1.79. The molecule has 0 fully saturated rings. The number of rotatable bonds is 3. The van der Waals surface area contributed by atoms with E-state index in [1.54, 1.807) is 23.0 Å². The number of benzene rings is 1. The highest BCUT2D eigenvalue weighted by Crippen LogP contribution is 2.23. The summed E-state index contributed by atoms with van der Waals surface area (Å²) in [5.74, 6) is 5.63. The first-order chi connectivity index (χ1) is 8.88. The van der Waals surface area contributed by atoms with Gasteiger partial charge in [-0.05, 0) is 17.7 Å². The third-order valence-corrected chi connectivity index (χ3v) is 3.48. The van der Waals surface area contributed by atoms with Crippen LogP contribution >= 0.6 is 11.3 Å². The molecule has 0 aliphatic heterocycles. The summed E-state index contributed by atoms with van der Waals surface area (Å²) in [5, 5.41) is 3.11. The highest BCUT2D eigenvalue weighted by molar-refractivity contribution is 7.07. The Balaban J connectivity index is 2.07. The number of fused-ring (bicyclic) bond motifs is 1. The van der Waals surface area contributed by atoms with Gasteiger partial charge in [-0.15, -0.1) is 11.3 Å². The maximum atomic E-state index is 5.63. The van der Waals surface area contributed by atoms with Gasteiger partial charge in [-0.25, -0.2) is 10.4 Å². The van der Waals surface area contributed by atoms with Gasteiger partial charge in [0.2, 0.25) is 0 Å². The van der Waals surface area contributed by atoms with Crippen LogP contribution in [0.25, 0.3) is 10.9 Å². The van der Waals surface area contributed by atoms with Crippen LogP contribution in [0.1, 0.15) is 17.3 Å². The molecule has 1 atom stereocenters. The van der Waals surface area contributed by atoms with E-state index in [0.717, 1.165) is 22.2 Å². The predicted molar refractivity (Wildman–Crippen MR) is 73.0 cm³/mol. The highest BCUT2D eigenvalue weighted by Gasteiger charge is 2.14. The van der Waals surface area contributed by atoms with E-state index in [1.807, 2.05) is 35.7 Å². The minimum Gasteiger partial charge on any atom is -0.271 e. The van der Waals surface area contributed by atoms with E-state index < -0.39 is 0 Å². The van der Waals surface area contributed by atoms with Crippen LogP contribution < -0.4 is 11.3 Å². The van der Waals surface area contributed by atoms with Gasteiger partial charge in [-0.1, -0.05) is 18.2 Å². The van der Waals surface area contributed by atoms with Crippen LogP contribution in [0.15, 0.2) is 47.4 Å². The van der Waals surface area contributed by atoms with Gasteiger partial charge in [0.05, 0.1) is 22.8 Å². The summed E-state index contributed by atoms with van der Waals surface area (Å²) < 4.78 is 0. The Hall–Kier alpha value is -1.82. The van der Waals surface area contributed by atoms with Gasteiger partial charge in [0.1, 0.15) is 0 Å². The zero-order chi connectivity index (χ0) is 12.4. The zero-order valence-corrected chi connectivity index (χ0v) is 10.4. The standard InChI is InChI=1S/C13H12N4S/c14-17-13(12-7-18-8-16-12)10-4-3-9-2-1-5-15-11(9)6-10/h1-8,13,17H,14H2. The van der Waals surface area contributed by atoms with E-state index in [1.165, 1.54) is 0 Å². The minimum absolute atomic E-state index is 0.0948. The highest BCUT2D eigenvalue weighted by atomic mass is 32.1. The van der Waals surface area contributed by atoms with Crippen molar-refractivity contribution in [2.45, 2.75) is 6.04 Å². The fourth-order valence-electron chi connectivity index (χ4n) is 1.98. The van der Waals surface area contributed by atoms with E-state index >= 15 is 0 Å². The van der Waals surface area contributed by atoms with Gasteiger partial charge in [0.25, 0.3) is 0 Å². The van der Waals surface area contributed by atoms with Gasteiger partial charge in [-0.3, -0.25) is 10.8 Å². The first-order valence-electron chi connectivity index (χ1n) is 5.57. The molecule has 0 bridgehead atoms. The van der Waals surface area contributed by atoms with Gasteiger partial charge in [-0.2, -0.15) is 0 Å². The Morgan fingerprint density at radius 3 is 2.94 bits per heavy atom. The smallest absolute Gasteiger partial charge is 0.0890 e. The fraction of sp³-hybridized carbons (Fsp3) is 0.0769. The molecule has 4 nitrogen and oxygen atoms in total. The molecule has 0 aliphatic carbocycles. The molecule has 1 aromatic carbocycles. The Morgan fingerprint density at radius 1 is 1.22 bits per heavy atom. The average Bonchev–Trinajstić information content (AvgIpc) is 2.93. The number of nitrogens with two attached hydrogens (primary N) is 1. The quantitative estimate of drug-likeness (QED) is 0.557. The van der Waals surface area contributed by atoms with Crippen molar-refractivity contribution in [3.8, 4) is 0 Å². The maximum absolute atomic E-state index is 5.63. The lowest BCUT2D eigenvalue weighted by atomic mass is 10.0. The number of hydrazine groups is 1. The van der Waals surface area contributed by atoms with Crippen molar-refractivity contribution < 1.29 is 0 Å². The third-order valence-electron chi connectivity index (χ3n) is 2.88. The summed E-state index contributed by atoms with van der Waals surface area (Å²) in [6.45, 7) is 0. The molecule has 3 aromatic rings. The first kappa shape index (κ1) is 11.3. The number of nitrogens with one attached hydrogen (secondary N) is 1. The van der Waals surface area contributed by atoms with Crippen LogP contribution in [0.4, 0.5) is 0 Å². The van der Waals surface area contributed by atoms with E-state index in [-0.39, 0.29) is 6.04 Å². The SMILES string of the molecule is NNC(c1ccc2cccnc2c1)c1cscn1. The van der Waals surface area contributed by atoms with Crippen LogP contribution in [0.5, 0.6) is 0 Å². The van der Waals surface area contributed by atoms with Crippen LogP contribution in [0.3, 0.4) is 0 Å². The van der Waals surface area contributed by atoms with Crippen molar-refractivity contribution in [3.05, 3.63) is 58.7 Å². The summed E-state index contributed by atoms with van der Waals surface area (Å²) in [4.78, 5) is 8.65. The molecule has 3 N–H and O–H groups in total. The second kappa shape index (κ2) is 4.81. The number of thiazole rings is 1. The molecule has 0 radical (unpaired) electrons. The molecule has 5 heteroatoms. The topological polar surface area (TPSA) is 63.8 Å². The van der Waals surface area contributed by atoms with E-state index in [4.69, 9.17) is 5.84 Å². The number of pyridine rings is 1. The number of hydrogen-bond acceptors (Lipinski definition) is 5. The summed E-state index contributed by atoms with van der Waals surface area (Å²) in [5.41, 5.74) is 7.56. The van der Waals surface area contributed by atoms with Gasteiger partial charge in [0, 0.05) is 17.0 Å². The molecule has 0 aliphatic rings. The van der Waals surface area contributed by atoms with Crippen molar-refractivity contribution in [1.82, 2.24) is 15.4 Å². The molecule has 2 heterocycles. The van der Waals surface area contributed by atoms with Crippen LogP contribution in [0, 0.1) is 0 Å². The Morgan fingerprint density at radius 2 is 2.17 bits per heavy atom. The molecule has 0 spiro atoms. The maximum Gasteiger partial charge on any atom is 0.0890 e. The molecule has 3 rings (SSSR count). The number of nitrogens with zero attached hydrogens (tertiary/aromatic N) is 2. The van der Waals surface area contributed by atoms with E-state index in [9.17, 15) is 0 Å². The Bertz CT molecular complexity index is 651. The molecule has 0 saturated heterocycles. The molecule has 90 valence electrons. The zero-order valence-electron chi connectivity index (χ0n) is 9.58. The second-order valence-corrected chi connectivity index (χ2v) is 4.69. The average molecular weight is 256 g/mol. The number of hydrogen-bond donors (Lipinski definition) is 2. The third kappa shape index (κ3) is 1.99. The van der Waals surface area contributed by atoms with Crippen molar-refractivity contribution in [2.24, 2.45) is 5.84 Å². The van der Waals surface area contributed by atoms with Crippen LogP contribution in [0.2, 0.25) is 0 Å². The summed E-state index contributed by atoms with van der Waals surface area (Å²) in [7, 11) is 0. The lowest BCUT2D eigenvalue weighted by molar-refractivity contribution is 0.624. The molecule has 18 heavy (non-hydrogen) atoms. The Labute approximate surface area is 108 Å². The van der Waals surface area contributed by atoms with Crippen molar-refractivity contribution in [1.29, 1.82) is 0 Å². The van der Waals surface area contributed by atoms with Gasteiger partial charge in [0.15, 0.2) is 0 Å². The van der Waals surface area contributed by atoms with Crippen LogP contribution in [-0.2, 0) is 0 Å². The largest absolute Gasteiger partial charge is 0.271 e. The second-order valence-electron chi connectivity index (χ2n) is 3.97. The van der Waals surface area contributed by atoms with Crippen molar-refractivity contribution in [3.63, 3.8) is 0 Å². The first-order valence-corrected chi connectivity index (χ1v) is 6.51. The van der Waals surface area contributed by atoms with E-state index in [2.05, 4.69) is 15.4 Å². The monoisotopic (exact) mass is 256 g/mol. The molecular formula is C13H12N4S. The normalized spacial score (nSPS) is 12.7. The molecule has 0 saturated carbocycles. The van der Waals surface area contributed by atoms with Crippen molar-refractivity contribution in [2.75, 3.05) is 0 Å².